The number of halogens is 3. The minimum absolute atomic E-state index is 0.338. The Bertz CT molecular complexity index is 497. The highest BCUT2D eigenvalue weighted by Crippen LogP contribution is 2.31. The van der Waals surface area contributed by atoms with Crippen molar-refractivity contribution >= 4 is 11.8 Å². The lowest BCUT2D eigenvalue weighted by Gasteiger charge is -2.16. The molecule has 0 atom stereocenters. The second-order valence-corrected chi connectivity index (χ2v) is 4.69. The summed E-state index contributed by atoms with van der Waals surface area (Å²) in [6.45, 7) is 2.81. The topological polar surface area (TPSA) is 41.6 Å². The van der Waals surface area contributed by atoms with E-state index in [9.17, 15) is 18.0 Å². The van der Waals surface area contributed by atoms with Crippen LogP contribution in [0.2, 0.25) is 0 Å². The lowest BCUT2D eigenvalue weighted by Crippen LogP contribution is -2.30. The molecule has 0 aliphatic carbocycles. The molecule has 0 bridgehead atoms. The molecule has 0 spiro atoms. The van der Waals surface area contributed by atoms with E-state index in [2.05, 4.69) is 5.48 Å². The maximum atomic E-state index is 12.5. The van der Waals surface area contributed by atoms with Crippen LogP contribution in [0.15, 0.2) is 18.2 Å². The molecular weight excluding hydrogens is 273 g/mol. The maximum Gasteiger partial charge on any atom is 0.434 e. The molecule has 1 amide bonds. The Kier molecular flexibility index (Phi) is 4.06. The Labute approximate surface area is 114 Å². The standard InChI is InChI=1S/C13H15F3N2O2/c1-9-8-10(13(14,15)16)4-5-11(9)17-20-12(19)18-6-2-3-7-18/h4-5,8,17H,2-3,6-7H2,1H3. The van der Waals surface area contributed by atoms with Crippen LogP contribution in [-0.2, 0) is 11.0 Å². The molecule has 1 aromatic carbocycles. The van der Waals surface area contributed by atoms with Crippen LogP contribution in [0.1, 0.15) is 24.0 Å². The minimum atomic E-state index is -4.38. The summed E-state index contributed by atoms with van der Waals surface area (Å²) in [7, 11) is 0. The van der Waals surface area contributed by atoms with Gasteiger partial charge >= 0.3 is 12.3 Å². The van der Waals surface area contributed by atoms with Gasteiger partial charge in [-0.1, -0.05) is 0 Å². The smallest absolute Gasteiger partial charge is 0.324 e. The summed E-state index contributed by atoms with van der Waals surface area (Å²) in [4.78, 5) is 18.0. The molecule has 0 radical (unpaired) electrons. The number of amides is 1. The number of nitrogens with one attached hydrogen (secondary N) is 1. The number of nitrogens with zero attached hydrogens (tertiary/aromatic N) is 1. The van der Waals surface area contributed by atoms with Crippen molar-refractivity contribution in [2.75, 3.05) is 18.6 Å². The number of likely N-dealkylation sites (tertiary alicyclic amines) is 1. The van der Waals surface area contributed by atoms with E-state index in [0.717, 1.165) is 25.0 Å². The fraction of sp³-hybridized carbons (Fsp3) is 0.462. The quantitative estimate of drug-likeness (QED) is 0.846. The van der Waals surface area contributed by atoms with Gasteiger partial charge in [-0.15, -0.1) is 0 Å². The molecule has 1 aliphatic heterocycles. The molecule has 1 heterocycles. The first-order valence-corrected chi connectivity index (χ1v) is 6.27. The zero-order chi connectivity index (χ0) is 14.8. The number of hydrogen-bond donors (Lipinski definition) is 1. The Morgan fingerprint density at radius 2 is 1.95 bits per heavy atom. The summed E-state index contributed by atoms with van der Waals surface area (Å²) < 4.78 is 37.5. The number of carbonyl (C=O) groups is 1. The third kappa shape index (κ3) is 3.34. The molecule has 1 aromatic rings. The molecule has 1 N–H and O–H groups in total. The van der Waals surface area contributed by atoms with Crippen molar-refractivity contribution in [1.82, 2.24) is 4.90 Å². The van der Waals surface area contributed by atoms with Gasteiger partial charge in [0.2, 0.25) is 0 Å². The van der Waals surface area contributed by atoms with Gasteiger partial charge in [0.1, 0.15) is 0 Å². The largest absolute Gasteiger partial charge is 0.434 e. The van der Waals surface area contributed by atoms with Crippen LogP contribution in [0.3, 0.4) is 0 Å². The van der Waals surface area contributed by atoms with Crippen LogP contribution >= 0.6 is 0 Å². The average Bonchev–Trinajstić information content (AvgIpc) is 2.89. The molecule has 0 saturated carbocycles. The molecular formula is C13H15F3N2O2. The molecule has 2 rings (SSSR count). The summed E-state index contributed by atoms with van der Waals surface area (Å²) in [6, 6.07) is 3.19. The fourth-order valence-corrected chi connectivity index (χ4v) is 2.02. The molecule has 110 valence electrons. The first-order chi connectivity index (χ1) is 9.38. The third-order valence-electron chi connectivity index (χ3n) is 3.17. The molecule has 1 fully saturated rings. The number of carbonyl (C=O) groups excluding carboxylic acids is 1. The predicted molar refractivity (Wildman–Crippen MR) is 67.1 cm³/mol. The molecule has 20 heavy (non-hydrogen) atoms. The van der Waals surface area contributed by atoms with Crippen molar-refractivity contribution in [3.05, 3.63) is 29.3 Å². The van der Waals surface area contributed by atoms with E-state index in [1.807, 2.05) is 0 Å². The van der Waals surface area contributed by atoms with Gasteiger partial charge in [0.05, 0.1) is 11.3 Å². The fourth-order valence-electron chi connectivity index (χ4n) is 2.02. The number of hydrogen-bond acceptors (Lipinski definition) is 3. The van der Waals surface area contributed by atoms with E-state index >= 15 is 0 Å². The summed E-state index contributed by atoms with van der Waals surface area (Å²) >= 11 is 0. The van der Waals surface area contributed by atoms with E-state index < -0.39 is 17.8 Å². The average molecular weight is 288 g/mol. The van der Waals surface area contributed by atoms with E-state index in [1.54, 1.807) is 4.90 Å². The van der Waals surface area contributed by atoms with E-state index in [-0.39, 0.29) is 0 Å². The van der Waals surface area contributed by atoms with Gasteiger partial charge in [-0.05, 0) is 43.5 Å². The van der Waals surface area contributed by atoms with Crippen LogP contribution in [0, 0.1) is 6.92 Å². The van der Waals surface area contributed by atoms with Crippen molar-refractivity contribution in [3.63, 3.8) is 0 Å². The van der Waals surface area contributed by atoms with E-state index in [0.29, 0.717) is 24.3 Å². The highest BCUT2D eigenvalue weighted by atomic mass is 19.4. The summed E-state index contributed by atoms with van der Waals surface area (Å²) in [5, 5.41) is 0. The molecule has 1 saturated heterocycles. The van der Waals surface area contributed by atoms with Gasteiger partial charge in [0.15, 0.2) is 0 Å². The highest BCUT2D eigenvalue weighted by molar-refractivity contribution is 5.69. The molecule has 0 unspecified atom stereocenters. The number of benzene rings is 1. The van der Waals surface area contributed by atoms with Crippen molar-refractivity contribution in [3.8, 4) is 0 Å². The van der Waals surface area contributed by atoms with Crippen LogP contribution in [0.25, 0.3) is 0 Å². The Balaban J connectivity index is 1.98. The Morgan fingerprint density at radius 3 is 2.50 bits per heavy atom. The van der Waals surface area contributed by atoms with Crippen molar-refractivity contribution in [2.45, 2.75) is 25.9 Å². The van der Waals surface area contributed by atoms with Crippen LogP contribution < -0.4 is 5.48 Å². The highest BCUT2D eigenvalue weighted by Gasteiger charge is 2.30. The zero-order valence-corrected chi connectivity index (χ0v) is 11.0. The first kappa shape index (κ1) is 14.5. The zero-order valence-electron chi connectivity index (χ0n) is 11.0. The predicted octanol–water partition coefficient (Wildman–Crippen LogP) is 3.57. The SMILES string of the molecule is Cc1cc(C(F)(F)F)ccc1NOC(=O)N1CCCC1. The lowest BCUT2D eigenvalue weighted by molar-refractivity contribution is -0.137. The monoisotopic (exact) mass is 288 g/mol. The van der Waals surface area contributed by atoms with Gasteiger partial charge in [0, 0.05) is 13.1 Å². The van der Waals surface area contributed by atoms with E-state index in [1.165, 1.54) is 13.0 Å². The third-order valence-corrected chi connectivity index (χ3v) is 3.17. The minimum Gasteiger partial charge on any atom is -0.324 e. The van der Waals surface area contributed by atoms with Crippen molar-refractivity contribution < 1.29 is 22.8 Å². The summed E-state index contributed by atoms with van der Waals surface area (Å²) in [6.07, 6.45) is -3.01. The lowest BCUT2D eigenvalue weighted by atomic mass is 10.1. The second kappa shape index (κ2) is 5.60. The molecule has 0 aromatic heterocycles. The van der Waals surface area contributed by atoms with Gasteiger partial charge < -0.3 is 9.74 Å². The summed E-state index contributed by atoms with van der Waals surface area (Å²) in [5.41, 5.74) is 2.37. The van der Waals surface area contributed by atoms with Gasteiger partial charge in [-0.2, -0.15) is 13.2 Å². The molecule has 7 heteroatoms. The number of rotatable bonds is 2. The number of aryl methyl sites for hydroxylation is 1. The van der Waals surface area contributed by atoms with Crippen LogP contribution in [-0.4, -0.2) is 24.1 Å². The summed E-state index contributed by atoms with van der Waals surface area (Å²) in [5.74, 6) is 0. The van der Waals surface area contributed by atoms with Crippen LogP contribution in [0.5, 0.6) is 0 Å². The van der Waals surface area contributed by atoms with Gasteiger partial charge in [0.25, 0.3) is 0 Å². The first-order valence-electron chi connectivity index (χ1n) is 6.27. The maximum absolute atomic E-state index is 12.5. The van der Waals surface area contributed by atoms with Crippen molar-refractivity contribution in [2.24, 2.45) is 0 Å². The Hall–Kier alpha value is -1.92. The normalized spacial score (nSPS) is 15.3. The van der Waals surface area contributed by atoms with Gasteiger partial charge in [-0.3, -0.25) is 0 Å². The Morgan fingerprint density at radius 1 is 1.30 bits per heavy atom. The van der Waals surface area contributed by atoms with Gasteiger partial charge in [-0.25, -0.2) is 10.3 Å². The molecule has 4 nitrogen and oxygen atoms in total. The van der Waals surface area contributed by atoms with Crippen molar-refractivity contribution in [1.29, 1.82) is 0 Å². The number of alkyl halides is 3. The van der Waals surface area contributed by atoms with E-state index in [4.69, 9.17) is 4.84 Å². The second-order valence-electron chi connectivity index (χ2n) is 4.69. The van der Waals surface area contributed by atoms with Crippen LogP contribution in [0.4, 0.5) is 23.7 Å². The number of anilines is 1. The molecule has 1 aliphatic rings.